The molecule has 0 aliphatic heterocycles. The zero-order valence-electron chi connectivity index (χ0n) is 7.96. The van der Waals surface area contributed by atoms with Gasteiger partial charge < -0.3 is 4.40 Å². The summed E-state index contributed by atoms with van der Waals surface area (Å²) < 4.78 is 15.4. The summed E-state index contributed by atoms with van der Waals surface area (Å²) in [5.74, 6) is 0.0851. The van der Waals surface area contributed by atoms with E-state index in [0.29, 0.717) is 10.4 Å². The summed E-state index contributed by atoms with van der Waals surface area (Å²) in [4.78, 5) is 4.40. The summed E-state index contributed by atoms with van der Waals surface area (Å²) >= 11 is 3.29. The second-order valence-electron chi connectivity index (χ2n) is 3.56. The summed E-state index contributed by atoms with van der Waals surface area (Å²) in [5, 5.41) is 0. The molecule has 0 bridgehead atoms. The van der Waals surface area contributed by atoms with Crippen molar-refractivity contribution in [3.8, 4) is 0 Å². The molecule has 4 heteroatoms. The molecule has 0 atom stereocenters. The summed E-state index contributed by atoms with van der Waals surface area (Å²) in [7, 11) is 0. The van der Waals surface area contributed by atoms with E-state index in [4.69, 9.17) is 0 Å². The molecule has 0 saturated carbocycles. The number of hydrogen-bond acceptors (Lipinski definition) is 1. The van der Waals surface area contributed by atoms with Gasteiger partial charge >= 0.3 is 0 Å². The third-order valence-electron chi connectivity index (χ3n) is 2.08. The molecule has 2 aromatic rings. The van der Waals surface area contributed by atoms with Crippen molar-refractivity contribution in [3.05, 3.63) is 34.4 Å². The number of aromatic nitrogens is 2. The fourth-order valence-electron chi connectivity index (χ4n) is 1.32. The van der Waals surface area contributed by atoms with E-state index < -0.39 is 0 Å². The Kier molecular flexibility index (Phi) is 2.31. The van der Waals surface area contributed by atoms with Crippen LogP contribution in [0.25, 0.3) is 5.65 Å². The van der Waals surface area contributed by atoms with Crippen LogP contribution in [0.3, 0.4) is 0 Å². The Balaban J connectivity index is 2.70. The molecule has 0 aliphatic carbocycles. The molecule has 0 unspecified atom stereocenters. The van der Waals surface area contributed by atoms with Gasteiger partial charge in [0, 0.05) is 12.4 Å². The maximum absolute atomic E-state index is 13.0. The van der Waals surface area contributed by atoms with Crippen LogP contribution in [-0.2, 0) is 0 Å². The second-order valence-corrected chi connectivity index (χ2v) is 4.41. The van der Waals surface area contributed by atoms with E-state index in [1.165, 1.54) is 12.3 Å². The minimum atomic E-state index is -0.267. The molecule has 0 aromatic carbocycles. The summed E-state index contributed by atoms with van der Waals surface area (Å²) in [6.07, 6.45) is 3.28. The molecule has 2 rings (SSSR count). The quantitative estimate of drug-likeness (QED) is 0.765. The van der Waals surface area contributed by atoms with Crippen molar-refractivity contribution in [1.82, 2.24) is 9.38 Å². The Morgan fingerprint density at radius 3 is 2.79 bits per heavy atom. The van der Waals surface area contributed by atoms with Gasteiger partial charge in [0.15, 0.2) is 5.65 Å². The number of halogens is 2. The van der Waals surface area contributed by atoms with Gasteiger partial charge in [0.2, 0.25) is 0 Å². The highest BCUT2D eigenvalue weighted by Gasteiger charge is 2.08. The van der Waals surface area contributed by atoms with Crippen molar-refractivity contribution in [1.29, 1.82) is 0 Å². The zero-order valence-corrected chi connectivity index (χ0v) is 9.55. The van der Waals surface area contributed by atoms with Gasteiger partial charge in [-0.2, -0.15) is 0 Å². The number of pyridine rings is 1. The molecule has 0 saturated heterocycles. The zero-order chi connectivity index (χ0) is 10.3. The van der Waals surface area contributed by atoms with Crippen LogP contribution in [0.1, 0.15) is 25.5 Å². The topological polar surface area (TPSA) is 17.3 Å². The van der Waals surface area contributed by atoms with Crippen LogP contribution in [0.5, 0.6) is 0 Å². The molecular weight excluding hydrogens is 247 g/mol. The average Bonchev–Trinajstić information content (AvgIpc) is 2.47. The van der Waals surface area contributed by atoms with Crippen LogP contribution in [0.15, 0.2) is 22.9 Å². The minimum absolute atomic E-state index is 0.267. The maximum Gasteiger partial charge on any atom is 0.151 e. The van der Waals surface area contributed by atoms with E-state index in [9.17, 15) is 4.39 Å². The summed E-state index contributed by atoms with van der Waals surface area (Å²) in [6, 6.07) is 1.42. The highest BCUT2D eigenvalue weighted by molar-refractivity contribution is 9.10. The molecule has 0 N–H and O–H groups in total. The van der Waals surface area contributed by atoms with E-state index >= 15 is 0 Å². The fourth-order valence-corrected chi connectivity index (χ4v) is 1.83. The van der Waals surface area contributed by atoms with Crippen molar-refractivity contribution >= 4 is 21.6 Å². The Morgan fingerprint density at radius 2 is 2.14 bits per heavy atom. The minimum Gasteiger partial charge on any atom is -0.303 e. The van der Waals surface area contributed by atoms with E-state index in [0.717, 1.165) is 11.3 Å². The normalized spacial score (nSPS) is 11.5. The second kappa shape index (κ2) is 3.35. The van der Waals surface area contributed by atoms with E-state index in [2.05, 4.69) is 34.8 Å². The molecular formula is C10H10BrFN2. The highest BCUT2D eigenvalue weighted by Crippen LogP contribution is 2.21. The monoisotopic (exact) mass is 256 g/mol. The van der Waals surface area contributed by atoms with Gasteiger partial charge in [-0.1, -0.05) is 13.8 Å². The van der Waals surface area contributed by atoms with E-state index in [1.807, 2.05) is 6.20 Å². The molecule has 0 spiro atoms. The van der Waals surface area contributed by atoms with Crippen molar-refractivity contribution in [2.24, 2.45) is 0 Å². The Labute approximate surface area is 89.9 Å². The molecule has 2 heterocycles. The predicted molar refractivity (Wildman–Crippen MR) is 56.9 cm³/mol. The standard InChI is InChI=1S/C10H10BrFN2/c1-6(2)9-5-14-4-7(12)3-8(11)10(14)13-9/h3-6H,1-2H3. The van der Waals surface area contributed by atoms with Gasteiger partial charge in [-0.25, -0.2) is 9.37 Å². The molecule has 0 fully saturated rings. The third kappa shape index (κ3) is 1.54. The summed E-state index contributed by atoms with van der Waals surface area (Å²) in [5.41, 5.74) is 1.73. The van der Waals surface area contributed by atoms with Crippen molar-refractivity contribution in [2.45, 2.75) is 19.8 Å². The van der Waals surface area contributed by atoms with Gasteiger partial charge in [-0.3, -0.25) is 0 Å². The first kappa shape index (κ1) is 9.65. The SMILES string of the molecule is CC(C)c1cn2cc(F)cc(Br)c2n1. The molecule has 0 aliphatic rings. The van der Waals surface area contributed by atoms with E-state index in [1.54, 1.807) is 4.40 Å². The largest absolute Gasteiger partial charge is 0.303 e. The molecule has 0 radical (unpaired) electrons. The fraction of sp³-hybridized carbons (Fsp3) is 0.300. The maximum atomic E-state index is 13.0. The smallest absolute Gasteiger partial charge is 0.151 e. The predicted octanol–water partition coefficient (Wildman–Crippen LogP) is 3.36. The molecule has 2 aromatic heterocycles. The lowest BCUT2D eigenvalue weighted by atomic mass is 10.2. The lowest BCUT2D eigenvalue weighted by molar-refractivity contribution is 0.618. The first-order chi connectivity index (χ1) is 6.58. The van der Waals surface area contributed by atoms with Gasteiger partial charge in [0.05, 0.1) is 10.2 Å². The Morgan fingerprint density at radius 1 is 1.43 bits per heavy atom. The lowest BCUT2D eigenvalue weighted by Crippen LogP contribution is -1.86. The van der Waals surface area contributed by atoms with Crippen LogP contribution in [0, 0.1) is 5.82 Å². The van der Waals surface area contributed by atoms with Crippen LogP contribution in [-0.4, -0.2) is 9.38 Å². The van der Waals surface area contributed by atoms with Crippen molar-refractivity contribution in [2.75, 3.05) is 0 Å². The van der Waals surface area contributed by atoms with Crippen LogP contribution < -0.4 is 0 Å². The Bertz CT molecular complexity index is 476. The summed E-state index contributed by atoms with van der Waals surface area (Å²) in [6.45, 7) is 4.12. The van der Waals surface area contributed by atoms with Gasteiger partial charge in [-0.15, -0.1) is 0 Å². The molecule has 14 heavy (non-hydrogen) atoms. The number of hydrogen-bond donors (Lipinski definition) is 0. The van der Waals surface area contributed by atoms with Crippen LogP contribution >= 0.6 is 15.9 Å². The number of nitrogens with zero attached hydrogens (tertiary/aromatic N) is 2. The van der Waals surface area contributed by atoms with Crippen molar-refractivity contribution < 1.29 is 4.39 Å². The van der Waals surface area contributed by atoms with Gasteiger partial charge in [0.1, 0.15) is 5.82 Å². The van der Waals surface area contributed by atoms with Gasteiger partial charge in [-0.05, 0) is 27.9 Å². The molecule has 2 nitrogen and oxygen atoms in total. The third-order valence-corrected chi connectivity index (χ3v) is 2.67. The number of imidazole rings is 1. The van der Waals surface area contributed by atoms with Gasteiger partial charge in [0.25, 0.3) is 0 Å². The first-order valence-electron chi connectivity index (χ1n) is 4.41. The number of fused-ring (bicyclic) bond motifs is 1. The average molecular weight is 257 g/mol. The van der Waals surface area contributed by atoms with E-state index in [-0.39, 0.29) is 5.82 Å². The lowest BCUT2D eigenvalue weighted by Gasteiger charge is -1.95. The first-order valence-corrected chi connectivity index (χ1v) is 5.21. The molecule has 0 amide bonds. The number of rotatable bonds is 1. The Hall–Kier alpha value is -0.900. The van der Waals surface area contributed by atoms with Crippen LogP contribution in [0.2, 0.25) is 0 Å². The highest BCUT2D eigenvalue weighted by atomic mass is 79.9. The molecule has 74 valence electrons. The van der Waals surface area contributed by atoms with Crippen molar-refractivity contribution in [3.63, 3.8) is 0 Å². The van der Waals surface area contributed by atoms with Crippen LogP contribution in [0.4, 0.5) is 4.39 Å².